The van der Waals surface area contributed by atoms with Gasteiger partial charge in [0.1, 0.15) is 12.6 Å². The second kappa shape index (κ2) is 14.7. The third kappa shape index (κ3) is 8.25. The van der Waals surface area contributed by atoms with E-state index < -0.39 is 28.5 Å². The van der Waals surface area contributed by atoms with Crippen molar-refractivity contribution in [3.05, 3.63) is 95.1 Å². The average Bonchev–Trinajstić information content (AvgIpc) is 3.00. The van der Waals surface area contributed by atoms with E-state index in [0.717, 1.165) is 47.9 Å². The average molecular weight is 604 g/mol. The van der Waals surface area contributed by atoms with E-state index in [1.807, 2.05) is 70.2 Å². The fraction of sp³-hybridized carbons (Fsp3) is 0.429. The van der Waals surface area contributed by atoms with Crippen molar-refractivity contribution in [1.29, 1.82) is 0 Å². The van der Waals surface area contributed by atoms with Crippen molar-refractivity contribution in [1.82, 2.24) is 10.2 Å². The van der Waals surface area contributed by atoms with Crippen molar-refractivity contribution in [2.45, 2.75) is 89.6 Å². The number of rotatable bonds is 12. The van der Waals surface area contributed by atoms with Crippen LogP contribution in [0.1, 0.15) is 67.7 Å². The second-order valence-corrected chi connectivity index (χ2v) is 13.6. The van der Waals surface area contributed by atoms with E-state index in [1.165, 1.54) is 10.7 Å². The van der Waals surface area contributed by atoms with E-state index in [-0.39, 0.29) is 16.8 Å². The molecule has 1 fully saturated rings. The standard InChI is InChI=1S/C35H45N3O4S/c1-5-32(35(40)36-30-14-10-7-11-15-30)37(23-22-29-12-8-6-9-13-29)34(39)25-38(33-24-27(3)16-19-28(33)4)43(41,42)31-20-17-26(2)18-21-31/h6,8-9,12-13,16-21,24,30,32H,5,7,10-11,14-15,22-23,25H2,1-4H3,(H,36,40)/t32-/m0/s1. The van der Waals surface area contributed by atoms with Gasteiger partial charge in [-0.1, -0.05) is 86.3 Å². The molecule has 0 aliphatic heterocycles. The Morgan fingerprint density at radius 1 is 0.884 bits per heavy atom. The summed E-state index contributed by atoms with van der Waals surface area (Å²) in [5.74, 6) is -0.575. The van der Waals surface area contributed by atoms with Gasteiger partial charge < -0.3 is 10.2 Å². The topological polar surface area (TPSA) is 86.8 Å². The predicted octanol–water partition coefficient (Wildman–Crippen LogP) is 6.11. The normalized spacial score (nSPS) is 14.6. The number of nitrogens with one attached hydrogen (secondary N) is 1. The van der Waals surface area contributed by atoms with Crippen LogP contribution in [0.3, 0.4) is 0 Å². The van der Waals surface area contributed by atoms with E-state index >= 15 is 0 Å². The van der Waals surface area contributed by atoms with Gasteiger partial charge in [0, 0.05) is 12.6 Å². The molecule has 1 atom stereocenters. The molecule has 4 rings (SSSR count). The lowest BCUT2D eigenvalue weighted by Crippen LogP contribution is -2.54. The van der Waals surface area contributed by atoms with E-state index in [9.17, 15) is 18.0 Å². The molecular formula is C35H45N3O4S. The molecule has 43 heavy (non-hydrogen) atoms. The molecule has 0 radical (unpaired) electrons. The molecule has 8 heteroatoms. The highest BCUT2D eigenvalue weighted by Gasteiger charge is 2.34. The Hall–Kier alpha value is -3.65. The molecule has 0 unspecified atom stereocenters. The first kappa shape index (κ1) is 32.3. The zero-order valence-corrected chi connectivity index (χ0v) is 26.7. The lowest BCUT2D eigenvalue weighted by atomic mass is 9.95. The summed E-state index contributed by atoms with van der Waals surface area (Å²) in [4.78, 5) is 29.7. The van der Waals surface area contributed by atoms with E-state index in [2.05, 4.69) is 5.32 Å². The van der Waals surface area contributed by atoms with Crippen LogP contribution in [0.15, 0.2) is 77.7 Å². The molecule has 0 aromatic heterocycles. The summed E-state index contributed by atoms with van der Waals surface area (Å²) in [6.07, 6.45) is 6.20. The molecule has 0 spiro atoms. The van der Waals surface area contributed by atoms with Crippen LogP contribution >= 0.6 is 0 Å². The van der Waals surface area contributed by atoms with E-state index in [0.29, 0.717) is 25.1 Å². The Morgan fingerprint density at radius 2 is 1.53 bits per heavy atom. The Kier molecular flexibility index (Phi) is 11.0. The maximum Gasteiger partial charge on any atom is 0.264 e. The van der Waals surface area contributed by atoms with E-state index in [4.69, 9.17) is 0 Å². The van der Waals surface area contributed by atoms with Gasteiger partial charge in [-0.05, 0) is 81.3 Å². The Balaban J connectivity index is 1.70. The lowest BCUT2D eigenvalue weighted by Gasteiger charge is -2.34. The van der Waals surface area contributed by atoms with Gasteiger partial charge in [-0.15, -0.1) is 0 Å². The minimum atomic E-state index is -4.10. The number of nitrogens with zero attached hydrogens (tertiary/aromatic N) is 2. The summed E-state index contributed by atoms with van der Waals surface area (Å²) in [6.45, 7) is 7.43. The molecule has 1 aliphatic rings. The lowest BCUT2D eigenvalue weighted by molar-refractivity contribution is -0.140. The van der Waals surface area contributed by atoms with Gasteiger partial charge in [-0.25, -0.2) is 8.42 Å². The number of benzene rings is 3. The monoisotopic (exact) mass is 603 g/mol. The maximum absolute atomic E-state index is 14.3. The zero-order valence-electron chi connectivity index (χ0n) is 25.9. The fourth-order valence-electron chi connectivity index (χ4n) is 5.78. The number of sulfonamides is 1. The number of hydrogen-bond acceptors (Lipinski definition) is 4. The summed E-state index contributed by atoms with van der Waals surface area (Å²) < 4.78 is 29.5. The third-order valence-corrected chi connectivity index (χ3v) is 10.1. The summed E-state index contributed by atoms with van der Waals surface area (Å²) in [5.41, 5.74) is 4.07. The molecule has 7 nitrogen and oxygen atoms in total. The molecule has 1 saturated carbocycles. The number of carbonyl (C=O) groups excluding carboxylic acids is 2. The molecular weight excluding hydrogens is 558 g/mol. The van der Waals surface area contributed by atoms with Crippen molar-refractivity contribution in [2.75, 3.05) is 17.4 Å². The van der Waals surface area contributed by atoms with Crippen molar-refractivity contribution in [2.24, 2.45) is 0 Å². The molecule has 0 saturated heterocycles. The number of amides is 2. The van der Waals surface area contributed by atoms with Crippen LogP contribution in [0.5, 0.6) is 0 Å². The van der Waals surface area contributed by atoms with Crippen LogP contribution in [0.4, 0.5) is 5.69 Å². The highest BCUT2D eigenvalue weighted by molar-refractivity contribution is 7.92. The Bertz CT molecular complexity index is 1480. The molecule has 1 aliphatic carbocycles. The van der Waals surface area contributed by atoms with Gasteiger partial charge in [0.2, 0.25) is 11.8 Å². The zero-order chi connectivity index (χ0) is 31.0. The maximum atomic E-state index is 14.3. The van der Waals surface area contributed by atoms with Gasteiger partial charge in [-0.2, -0.15) is 0 Å². The van der Waals surface area contributed by atoms with Crippen LogP contribution in [-0.4, -0.2) is 50.3 Å². The van der Waals surface area contributed by atoms with Crippen molar-refractivity contribution < 1.29 is 18.0 Å². The van der Waals surface area contributed by atoms with Crippen molar-refractivity contribution >= 4 is 27.5 Å². The van der Waals surface area contributed by atoms with Gasteiger partial charge >= 0.3 is 0 Å². The van der Waals surface area contributed by atoms with E-state index in [1.54, 1.807) is 35.2 Å². The number of hydrogen-bond donors (Lipinski definition) is 1. The first-order valence-electron chi connectivity index (χ1n) is 15.4. The van der Waals surface area contributed by atoms with Crippen molar-refractivity contribution in [3.8, 4) is 0 Å². The molecule has 3 aromatic carbocycles. The van der Waals surface area contributed by atoms with Crippen LogP contribution in [0.25, 0.3) is 0 Å². The van der Waals surface area contributed by atoms with Crippen LogP contribution < -0.4 is 9.62 Å². The van der Waals surface area contributed by atoms with Crippen LogP contribution in [0, 0.1) is 20.8 Å². The summed E-state index contributed by atoms with van der Waals surface area (Å²) >= 11 is 0. The van der Waals surface area contributed by atoms with Crippen LogP contribution in [0.2, 0.25) is 0 Å². The van der Waals surface area contributed by atoms with Crippen molar-refractivity contribution in [3.63, 3.8) is 0 Å². The van der Waals surface area contributed by atoms with Gasteiger partial charge in [0.05, 0.1) is 10.6 Å². The van der Waals surface area contributed by atoms with Gasteiger partial charge in [0.25, 0.3) is 10.0 Å². The summed E-state index contributed by atoms with van der Waals surface area (Å²) in [7, 11) is -4.10. The number of aryl methyl sites for hydroxylation is 3. The largest absolute Gasteiger partial charge is 0.352 e. The van der Waals surface area contributed by atoms with Gasteiger partial charge in [0.15, 0.2) is 0 Å². The third-order valence-electron chi connectivity index (χ3n) is 8.34. The SMILES string of the molecule is CC[C@@H](C(=O)NC1CCCCC1)N(CCc1ccccc1)C(=O)CN(c1cc(C)ccc1C)S(=O)(=O)c1ccc(C)cc1. The summed E-state index contributed by atoms with van der Waals surface area (Å²) in [5, 5.41) is 3.20. The molecule has 2 amide bonds. The fourth-order valence-corrected chi connectivity index (χ4v) is 7.25. The number of anilines is 1. The smallest absolute Gasteiger partial charge is 0.264 e. The molecule has 3 aromatic rings. The minimum Gasteiger partial charge on any atom is -0.352 e. The first-order valence-corrected chi connectivity index (χ1v) is 16.8. The second-order valence-electron chi connectivity index (χ2n) is 11.7. The molecule has 1 N–H and O–H groups in total. The molecule has 230 valence electrons. The highest BCUT2D eigenvalue weighted by Crippen LogP contribution is 2.29. The summed E-state index contributed by atoms with van der Waals surface area (Å²) in [6, 6.07) is 21.5. The first-order chi connectivity index (χ1) is 20.6. The van der Waals surface area contributed by atoms with Crippen LogP contribution in [-0.2, 0) is 26.0 Å². The molecule has 0 bridgehead atoms. The Morgan fingerprint density at radius 3 is 2.19 bits per heavy atom. The highest BCUT2D eigenvalue weighted by atomic mass is 32.2. The minimum absolute atomic E-state index is 0.106. The number of carbonyl (C=O) groups is 2. The quantitative estimate of drug-likeness (QED) is 0.271. The Labute approximate surface area is 257 Å². The van der Waals surface area contributed by atoms with Gasteiger partial charge in [-0.3, -0.25) is 13.9 Å². The predicted molar refractivity (Wildman–Crippen MR) is 173 cm³/mol. The molecule has 0 heterocycles.